The van der Waals surface area contributed by atoms with Gasteiger partial charge in [-0.1, -0.05) is 32.6 Å². The van der Waals surface area contributed by atoms with Crippen LogP contribution >= 0.6 is 0 Å². The zero-order valence-electron chi connectivity index (χ0n) is 10.9. The minimum absolute atomic E-state index is 0.617. The number of hydrogen-bond donors (Lipinski definition) is 1. The molecule has 0 bridgehead atoms. The second-order valence-electron chi connectivity index (χ2n) is 5.85. The van der Waals surface area contributed by atoms with Crippen LogP contribution in [0.3, 0.4) is 0 Å². The van der Waals surface area contributed by atoms with Gasteiger partial charge >= 0.3 is 0 Å². The van der Waals surface area contributed by atoms with E-state index in [1.807, 2.05) is 13.8 Å². The first-order valence-electron chi connectivity index (χ1n) is 6.59. The van der Waals surface area contributed by atoms with Gasteiger partial charge in [-0.3, -0.25) is 0 Å². The van der Waals surface area contributed by atoms with Crippen LogP contribution in [0.15, 0.2) is 0 Å². The van der Waals surface area contributed by atoms with Crippen molar-refractivity contribution in [3.8, 4) is 6.07 Å². The summed E-state index contributed by atoms with van der Waals surface area (Å²) in [5, 5.41) is 19.8. The van der Waals surface area contributed by atoms with Gasteiger partial charge in [0.05, 0.1) is 17.1 Å². The predicted molar refractivity (Wildman–Crippen MR) is 65.8 cm³/mol. The summed E-state index contributed by atoms with van der Waals surface area (Å²) >= 11 is 0. The zero-order chi connectivity index (χ0) is 12.2. The standard InChI is InChI=1S/C14H25NO/c1-4-6-12-7-5-9-14(16,10-8-12)13(2,3)11-15/h12,16H,4-10H2,1-3H3. The molecule has 0 aliphatic heterocycles. The highest BCUT2D eigenvalue weighted by atomic mass is 16.3. The lowest BCUT2D eigenvalue weighted by atomic mass is 9.71. The maximum absolute atomic E-state index is 10.6. The molecule has 0 aromatic carbocycles. The van der Waals surface area contributed by atoms with E-state index in [1.54, 1.807) is 0 Å². The predicted octanol–water partition coefficient (Wildman–Crippen LogP) is 3.65. The van der Waals surface area contributed by atoms with E-state index in [2.05, 4.69) is 13.0 Å². The lowest BCUT2D eigenvalue weighted by Gasteiger charge is -2.37. The van der Waals surface area contributed by atoms with Crippen LogP contribution < -0.4 is 0 Å². The Hall–Kier alpha value is -0.550. The molecule has 0 aromatic heterocycles. The van der Waals surface area contributed by atoms with Gasteiger partial charge in [0.15, 0.2) is 0 Å². The summed E-state index contributed by atoms with van der Waals surface area (Å²) in [6.45, 7) is 5.95. The monoisotopic (exact) mass is 223 g/mol. The van der Waals surface area contributed by atoms with Gasteiger partial charge in [-0.25, -0.2) is 0 Å². The van der Waals surface area contributed by atoms with Crippen molar-refractivity contribution in [2.45, 2.75) is 71.3 Å². The maximum Gasteiger partial charge on any atom is 0.0828 e. The van der Waals surface area contributed by atoms with Gasteiger partial charge in [0.25, 0.3) is 0 Å². The fraction of sp³-hybridized carbons (Fsp3) is 0.929. The van der Waals surface area contributed by atoms with Crippen molar-refractivity contribution >= 4 is 0 Å². The van der Waals surface area contributed by atoms with Crippen LogP contribution in [0, 0.1) is 22.7 Å². The first-order chi connectivity index (χ1) is 7.45. The fourth-order valence-electron chi connectivity index (χ4n) is 2.82. The molecule has 2 nitrogen and oxygen atoms in total. The highest BCUT2D eigenvalue weighted by Gasteiger charge is 2.44. The minimum atomic E-state index is -0.774. The lowest BCUT2D eigenvalue weighted by Crippen LogP contribution is -2.43. The molecule has 1 fully saturated rings. The number of aliphatic hydroxyl groups is 1. The van der Waals surface area contributed by atoms with Gasteiger partial charge in [0.1, 0.15) is 0 Å². The average molecular weight is 223 g/mol. The van der Waals surface area contributed by atoms with E-state index in [0.29, 0.717) is 0 Å². The summed E-state index contributed by atoms with van der Waals surface area (Å²) in [5.41, 5.74) is -1.39. The summed E-state index contributed by atoms with van der Waals surface area (Å²) in [4.78, 5) is 0. The summed E-state index contributed by atoms with van der Waals surface area (Å²) in [6.07, 6.45) is 7.43. The van der Waals surface area contributed by atoms with Crippen molar-refractivity contribution < 1.29 is 5.11 Å². The number of rotatable bonds is 3. The van der Waals surface area contributed by atoms with Crippen molar-refractivity contribution in [3.63, 3.8) is 0 Å². The third-order valence-corrected chi connectivity index (χ3v) is 4.31. The Morgan fingerprint density at radius 1 is 1.38 bits per heavy atom. The van der Waals surface area contributed by atoms with Crippen molar-refractivity contribution in [2.24, 2.45) is 11.3 Å². The van der Waals surface area contributed by atoms with Gasteiger partial charge < -0.3 is 5.11 Å². The Bertz CT molecular complexity index is 266. The molecular weight excluding hydrogens is 198 g/mol. The lowest BCUT2D eigenvalue weighted by molar-refractivity contribution is -0.0519. The average Bonchev–Trinajstić information content (AvgIpc) is 2.43. The smallest absolute Gasteiger partial charge is 0.0828 e. The highest BCUT2D eigenvalue weighted by molar-refractivity contribution is 5.07. The van der Waals surface area contributed by atoms with E-state index in [-0.39, 0.29) is 0 Å². The van der Waals surface area contributed by atoms with E-state index in [4.69, 9.17) is 5.26 Å². The van der Waals surface area contributed by atoms with Crippen LogP contribution in [-0.2, 0) is 0 Å². The van der Waals surface area contributed by atoms with E-state index >= 15 is 0 Å². The van der Waals surface area contributed by atoms with Gasteiger partial charge in [-0.2, -0.15) is 5.26 Å². The van der Waals surface area contributed by atoms with Gasteiger partial charge in [-0.15, -0.1) is 0 Å². The Balaban J connectivity index is 2.69. The van der Waals surface area contributed by atoms with E-state index in [9.17, 15) is 5.11 Å². The molecule has 0 saturated heterocycles. The minimum Gasteiger partial charge on any atom is -0.388 e. The van der Waals surface area contributed by atoms with Crippen LogP contribution in [-0.4, -0.2) is 10.7 Å². The molecule has 2 unspecified atom stereocenters. The van der Waals surface area contributed by atoms with Crippen LogP contribution in [0.5, 0.6) is 0 Å². The largest absolute Gasteiger partial charge is 0.388 e. The van der Waals surface area contributed by atoms with E-state index in [0.717, 1.165) is 31.6 Å². The molecule has 0 amide bonds. The molecule has 1 aliphatic carbocycles. The number of hydrogen-bond acceptors (Lipinski definition) is 2. The molecule has 1 rings (SSSR count). The molecule has 0 spiro atoms. The molecular formula is C14H25NO. The van der Waals surface area contributed by atoms with Crippen molar-refractivity contribution in [3.05, 3.63) is 0 Å². The molecule has 0 aromatic rings. The Kier molecular flexibility index (Phi) is 4.38. The Labute approximate surface area is 99.7 Å². The van der Waals surface area contributed by atoms with Crippen molar-refractivity contribution in [2.75, 3.05) is 0 Å². The van der Waals surface area contributed by atoms with Crippen molar-refractivity contribution in [1.82, 2.24) is 0 Å². The second kappa shape index (κ2) is 5.19. The molecule has 2 atom stereocenters. The Morgan fingerprint density at radius 2 is 2.06 bits per heavy atom. The summed E-state index contributed by atoms with van der Waals surface area (Å²) in [7, 11) is 0. The normalized spacial score (nSPS) is 31.8. The third-order valence-electron chi connectivity index (χ3n) is 4.31. The maximum atomic E-state index is 10.6. The van der Waals surface area contributed by atoms with Gasteiger partial charge in [0, 0.05) is 0 Å². The first kappa shape index (κ1) is 13.5. The summed E-state index contributed by atoms with van der Waals surface area (Å²) < 4.78 is 0. The van der Waals surface area contributed by atoms with Crippen LogP contribution in [0.25, 0.3) is 0 Å². The van der Waals surface area contributed by atoms with E-state index in [1.165, 1.54) is 19.3 Å². The number of nitriles is 1. The molecule has 0 heterocycles. The second-order valence-corrected chi connectivity index (χ2v) is 5.85. The molecule has 1 N–H and O–H groups in total. The van der Waals surface area contributed by atoms with Crippen LogP contribution in [0.2, 0.25) is 0 Å². The van der Waals surface area contributed by atoms with Crippen LogP contribution in [0.1, 0.15) is 65.7 Å². The van der Waals surface area contributed by atoms with E-state index < -0.39 is 11.0 Å². The molecule has 92 valence electrons. The third kappa shape index (κ3) is 2.77. The fourth-order valence-corrected chi connectivity index (χ4v) is 2.82. The highest BCUT2D eigenvalue weighted by Crippen LogP contribution is 2.42. The van der Waals surface area contributed by atoms with Crippen molar-refractivity contribution in [1.29, 1.82) is 5.26 Å². The summed E-state index contributed by atoms with van der Waals surface area (Å²) in [6, 6.07) is 2.28. The zero-order valence-corrected chi connectivity index (χ0v) is 10.9. The molecule has 1 aliphatic rings. The quantitative estimate of drug-likeness (QED) is 0.742. The molecule has 1 saturated carbocycles. The molecule has 2 heteroatoms. The number of nitrogens with zero attached hydrogens (tertiary/aromatic N) is 1. The van der Waals surface area contributed by atoms with Gasteiger partial charge in [0.2, 0.25) is 0 Å². The Morgan fingerprint density at radius 3 is 2.62 bits per heavy atom. The summed E-state index contributed by atoms with van der Waals surface area (Å²) in [5.74, 6) is 0.758. The molecule has 0 radical (unpaired) electrons. The topological polar surface area (TPSA) is 44.0 Å². The van der Waals surface area contributed by atoms with Gasteiger partial charge in [-0.05, 0) is 39.0 Å². The SMILES string of the molecule is CCCC1CCCC(O)(C(C)(C)C#N)CC1. The first-order valence-corrected chi connectivity index (χ1v) is 6.59. The molecule has 16 heavy (non-hydrogen) atoms. The van der Waals surface area contributed by atoms with Crippen LogP contribution in [0.4, 0.5) is 0 Å².